The van der Waals surface area contributed by atoms with Gasteiger partial charge in [-0.25, -0.2) is 0 Å². The number of halogens is 1. The molecule has 2 heteroatoms. The van der Waals surface area contributed by atoms with Gasteiger partial charge in [0.1, 0.15) is 6.07 Å². The van der Waals surface area contributed by atoms with Crippen molar-refractivity contribution in [1.29, 1.82) is 5.26 Å². The number of nitriles is 1. The molecular formula is C30H44FN. The largest absolute Gasteiger partial charge is 0.196 e. The Morgan fingerprint density at radius 1 is 0.875 bits per heavy atom. The lowest BCUT2D eigenvalue weighted by Crippen LogP contribution is -2.17. The van der Waals surface area contributed by atoms with E-state index in [2.05, 4.69) is 31.2 Å². The number of allylic oxidation sites excluding steroid dienone is 2. The van der Waals surface area contributed by atoms with Crippen molar-refractivity contribution in [2.45, 2.75) is 116 Å². The van der Waals surface area contributed by atoms with Crippen LogP contribution in [0.1, 0.15) is 120 Å². The van der Waals surface area contributed by atoms with Gasteiger partial charge in [-0.1, -0.05) is 69.7 Å². The van der Waals surface area contributed by atoms with E-state index >= 15 is 0 Å². The highest BCUT2D eigenvalue weighted by atomic mass is 19.1. The first-order chi connectivity index (χ1) is 15.7. The van der Waals surface area contributed by atoms with Gasteiger partial charge in [-0.15, -0.1) is 0 Å². The topological polar surface area (TPSA) is 23.8 Å². The first-order valence-corrected chi connectivity index (χ1v) is 13.5. The summed E-state index contributed by atoms with van der Waals surface area (Å²) >= 11 is 0. The van der Waals surface area contributed by atoms with Crippen LogP contribution in [0.5, 0.6) is 0 Å². The van der Waals surface area contributed by atoms with Crippen molar-refractivity contribution >= 4 is 0 Å². The van der Waals surface area contributed by atoms with E-state index in [9.17, 15) is 4.39 Å². The van der Waals surface area contributed by atoms with Crippen LogP contribution in [0.2, 0.25) is 0 Å². The minimum atomic E-state index is -0.595. The lowest BCUT2D eigenvalue weighted by Gasteiger charge is -2.31. The lowest BCUT2D eigenvalue weighted by atomic mass is 9.74. The van der Waals surface area contributed by atoms with Crippen molar-refractivity contribution in [3.8, 4) is 6.07 Å². The van der Waals surface area contributed by atoms with Crippen LogP contribution in [0.3, 0.4) is 0 Å². The zero-order valence-electron chi connectivity index (χ0n) is 20.3. The quantitative estimate of drug-likeness (QED) is 0.250. The number of hydrogen-bond acceptors (Lipinski definition) is 1. The molecule has 0 atom stereocenters. The van der Waals surface area contributed by atoms with Crippen LogP contribution in [0.25, 0.3) is 0 Å². The Kier molecular flexibility index (Phi) is 10.8. The van der Waals surface area contributed by atoms with Gasteiger partial charge in [-0.2, -0.15) is 9.65 Å². The molecule has 0 N–H and O–H groups in total. The maximum Gasteiger partial charge on any atom is 0.196 e. The Bertz CT molecular complexity index is 712. The number of aryl methyl sites for hydroxylation is 1. The van der Waals surface area contributed by atoms with E-state index in [1.807, 2.05) is 0 Å². The van der Waals surface area contributed by atoms with E-state index in [1.165, 1.54) is 95.5 Å². The molecule has 0 spiro atoms. The molecule has 2 saturated carbocycles. The lowest BCUT2D eigenvalue weighted by molar-refractivity contribution is 0.245. The van der Waals surface area contributed by atoms with E-state index < -0.39 is 5.83 Å². The summed E-state index contributed by atoms with van der Waals surface area (Å²) in [5.74, 6) is 2.18. The third kappa shape index (κ3) is 8.38. The summed E-state index contributed by atoms with van der Waals surface area (Å²) in [5, 5.41) is 8.61. The molecule has 0 unspecified atom stereocenters. The summed E-state index contributed by atoms with van der Waals surface area (Å²) in [6, 6.07) is 11.2. The first-order valence-electron chi connectivity index (χ1n) is 13.5. The second-order valence-corrected chi connectivity index (χ2v) is 10.6. The molecule has 1 aromatic rings. The fourth-order valence-electron chi connectivity index (χ4n) is 6.03. The highest BCUT2D eigenvalue weighted by molar-refractivity contribution is 5.26. The van der Waals surface area contributed by atoms with Gasteiger partial charge in [0.05, 0.1) is 0 Å². The molecule has 2 fully saturated rings. The summed E-state index contributed by atoms with van der Waals surface area (Å²) in [4.78, 5) is 0. The zero-order valence-corrected chi connectivity index (χ0v) is 20.3. The number of nitrogens with zero attached hydrogens (tertiary/aromatic N) is 1. The molecule has 0 amide bonds. The average Bonchev–Trinajstić information content (AvgIpc) is 2.84. The predicted molar refractivity (Wildman–Crippen MR) is 133 cm³/mol. The third-order valence-corrected chi connectivity index (χ3v) is 8.23. The molecule has 1 nitrogen and oxygen atoms in total. The highest BCUT2D eigenvalue weighted by Gasteiger charge is 2.25. The van der Waals surface area contributed by atoms with Crippen molar-refractivity contribution < 1.29 is 4.39 Å². The van der Waals surface area contributed by atoms with Gasteiger partial charge in [0.25, 0.3) is 0 Å². The SMILES string of the molecule is CCCCCCCc1ccc([C@H]2CC[C@H](CC[C@H]3CC[C@H](C=C(F)C#N)CC3)CC2)cc1. The van der Waals surface area contributed by atoms with Gasteiger partial charge < -0.3 is 0 Å². The number of benzene rings is 1. The monoisotopic (exact) mass is 437 g/mol. The van der Waals surface area contributed by atoms with Crippen LogP contribution in [0.15, 0.2) is 36.2 Å². The molecule has 1 aromatic carbocycles. The number of unbranched alkanes of at least 4 members (excludes halogenated alkanes) is 4. The summed E-state index contributed by atoms with van der Waals surface area (Å²) in [5.41, 5.74) is 3.08. The number of rotatable bonds is 11. The molecule has 0 aliphatic heterocycles. The van der Waals surface area contributed by atoms with Crippen LogP contribution in [-0.2, 0) is 6.42 Å². The van der Waals surface area contributed by atoms with Crippen LogP contribution in [-0.4, -0.2) is 0 Å². The molecule has 32 heavy (non-hydrogen) atoms. The Morgan fingerprint density at radius 2 is 1.47 bits per heavy atom. The second kappa shape index (κ2) is 13.8. The Morgan fingerprint density at radius 3 is 2.06 bits per heavy atom. The molecule has 2 aliphatic rings. The highest BCUT2D eigenvalue weighted by Crippen LogP contribution is 2.40. The van der Waals surface area contributed by atoms with Gasteiger partial charge >= 0.3 is 0 Å². The van der Waals surface area contributed by atoms with Gasteiger partial charge in [-0.05, 0) is 105 Å². The first kappa shape index (κ1) is 25.0. The fourth-order valence-corrected chi connectivity index (χ4v) is 6.03. The van der Waals surface area contributed by atoms with Crippen LogP contribution in [0, 0.1) is 29.1 Å². The summed E-state index contributed by atoms with van der Waals surface area (Å²) in [6.45, 7) is 2.28. The van der Waals surface area contributed by atoms with Gasteiger partial charge in [0, 0.05) is 0 Å². The average molecular weight is 438 g/mol. The molecule has 0 radical (unpaired) electrons. The molecule has 0 aromatic heterocycles. The normalized spacial score (nSPS) is 26.6. The van der Waals surface area contributed by atoms with Crippen LogP contribution >= 0.6 is 0 Å². The standard InChI is InChI=1S/C30H44FN/c1-2-3-4-5-6-7-24-14-18-28(19-15-24)29-20-16-26(17-21-29)9-8-25-10-12-27(13-11-25)22-30(31)23-32/h14-15,18-19,22,25-27,29H,2-13,16-17,20-21H2,1H3/t25-,26-,27-,29-. The molecular weight excluding hydrogens is 393 g/mol. The molecule has 0 bridgehead atoms. The Labute approximate surface area is 196 Å². The van der Waals surface area contributed by atoms with Crippen molar-refractivity contribution in [2.24, 2.45) is 17.8 Å². The van der Waals surface area contributed by atoms with E-state index in [1.54, 1.807) is 17.7 Å². The fraction of sp³-hybridized carbons (Fsp3) is 0.700. The van der Waals surface area contributed by atoms with Crippen LogP contribution < -0.4 is 0 Å². The molecule has 3 rings (SSSR count). The van der Waals surface area contributed by atoms with Crippen molar-refractivity contribution in [1.82, 2.24) is 0 Å². The van der Waals surface area contributed by atoms with Crippen molar-refractivity contribution in [3.05, 3.63) is 47.3 Å². The molecule has 2 aliphatic carbocycles. The summed E-state index contributed by atoms with van der Waals surface area (Å²) in [6.07, 6.45) is 22.3. The smallest absolute Gasteiger partial charge is 0.195 e. The van der Waals surface area contributed by atoms with Gasteiger partial charge in [0.2, 0.25) is 0 Å². The maximum atomic E-state index is 13.2. The molecule has 0 saturated heterocycles. The Balaban J connectivity index is 1.31. The van der Waals surface area contributed by atoms with E-state index in [4.69, 9.17) is 5.26 Å². The van der Waals surface area contributed by atoms with E-state index in [0.29, 0.717) is 0 Å². The Hall–Kier alpha value is -1.62. The predicted octanol–water partition coefficient (Wildman–Crippen LogP) is 9.44. The van der Waals surface area contributed by atoms with Gasteiger partial charge in [-0.3, -0.25) is 0 Å². The molecule has 0 heterocycles. The number of hydrogen-bond donors (Lipinski definition) is 0. The van der Waals surface area contributed by atoms with E-state index in [-0.39, 0.29) is 5.92 Å². The summed E-state index contributed by atoms with van der Waals surface area (Å²) < 4.78 is 13.2. The summed E-state index contributed by atoms with van der Waals surface area (Å²) in [7, 11) is 0. The zero-order chi connectivity index (χ0) is 22.6. The second-order valence-electron chi connectivity index (χ2n) is 10.6. The van der Waals surface area contributed by atoms with Crippen molar-refractivity contribution in [2.75, 3.05) is 0 Å². The van der Waals surface area contributed by atoms with E-state index in [0.717, 1.165) is 30.6 Å². The molecule has 176 valence electrons. The maximum absolute atomic E-state index is 13.2. The third-order valence-electron chi connectivity index (χ3n) is 8.23. The minimum absolute atomic E-state index is 0.286. The van der Waals surface area contributed by atoms with Crippen molar-refractivity contribution in [3.63, 3.8) is 0 Å². The van der Waals surface area contributed by atoms with Gasteiger partial charge in [0.15, 0.2) is 5.83 Å². The minimum Gasteiger partial charge on any atom is -0.195 e. The van der Waals surface area contributed by atoms with Crippen LogP contribution in [0.4, 0.5) is 4.39 Å².